The molecule has 11 heavy (non-hydrogen) atoms. The number of aromatic nitrogens is 2. The van der Waals surface area contributed by atoms with Crippen LogP contribution in [0, 0.1) is 5.92 Å². The molecule has 1 aromatic rings. The molecule has 1 aliphatic carbocycles. The number of hydrogen-bond donors (Lipinski definition) is 0. The minimum Gasteiger partial charge on any atom is -0.245 e. The highest BCUT2D eigenvalue weighted by molar-refractivity contribution is 5.26. The van der Waals surface area contributed by atoms with Crippen molar-refractivity contribution in [2.24, 2.45) is 5.92 Å². The van der Waals surface area contributed by atoms with Crippen LogP contribution in [0.1, 0.15) is 25.8 Å². The summed E-state index contributed by atoms with van der Waals surface area (Å²) in [6.07, 6.45) is 6.72. The maximum Gasteiger partial charge on any atom is 0.115 e. The first-order valence-electron chi connectivity index (χ1n) is 3.99. The van der Waals surface area contributed by atoms with Gasteiger partial charge in [-0.1, -0.05) is 13.8 Å². The maximum atomic E-state index is 4.01. The highest BCUT2D eigenvalue weighted by atomic mass is 14.8. The van der Waals surface area contributed by atoms with Crippen LogP contribution in [0.5, 0.6) is 0 Å². The fourth-order valence-corrected chi connectivity index (χ4v) is 1.57. The van der Waals surface area contributed by atoms with E-state index < -0.39 is 0 Å². The van der Waals surface area contributed by atoms with E-state index >= 15 is 0 Å². The molecule has 1 saturated carbocycles. The molecule has 58 valence electrons. The van der Waals surface area contributed by atoms with Gasteiger partial charge in [-0.15, -0.1) is 0 Å². The highest BCUT2D eigenvalue weighted by Crippen LogP contribution is 2.52. The molecule has 1 heterocycles. The molecule has 2 nitrogen and oxygen atoms in total. The first-order valence-corrected chi connectivity index (χ1v) is 3.99. The zero-order valence-corrected chi connectivity index (χ0v) is 6.91. The van der Waals surface area contributed by atoms with Crippen molar-refractivity contribution in [2.75, 3.05) is 0 Å². The summed E-state index contributed by atoms with van der Waals surface area (Å²) in [5.41, 5.74) is 1.66. The molecule has 0 amide bonds. The Morgan fingerprint density at radius 2 is 2.00 bits per heavy atom. The van der Waals surface area contributed by atoms with Gasteiger partial charge in [0.2, 0.25) is 0 Å². The van der Waals surface area contributed by atoms with Crippen LogP contribution < -0.4 is 0 Å². The lowest BCUT2D eigenvalue weighted by molar-refractivity contribution is 0.693. The Kier molecular flexibility index (Phi) is 1.25. The number of rotatable bonds is 1. The summed E-state index contributed by atoms with van der Waals surface area (Å²) in [4.78, 5) is 8.03. The van der Waals surface area contributed by atoms with Crippen LogP contribution in [0.25, 0.3) is 0 Å². The van der Waals surface area contributed by atoms with E-state index in [4.69, 9.17) is 0 Å². The fourth-order valence-electron chi connectivity index (χ4n) is 1.57. The number of nitrogens with zero attached hydrogens (tertiary/aromatic N) is 2. The van der Waals surface area contributed by atoms with E-state index in [1.165, 1.54) is 12.0 Å². The lowest BCUT2D eigenvalue weighted by atomic mass is 9.99. The molecule has 0 bridgehead atoms. The Morgan fingerprint density at radius 1 is 1.45 bits per heavy atom. The molecule has 2 unspecified atom stereocenters. The average Bonchev–Trinajstić information content (AvgIpc) is 2.64. The predicted octanol–water partition coefficient (Wildman–Crippen LogP) is 1.77. The van der Waals surface area contributed by atoms with Gasteiger partial charge in [0.25, 0.3) is 0 Å². The molecule has 2 rings (SSSR count). The van der Waals surface area contributed by atoms with Crippen molar-refractivity contribution < 1.29 is 0 Å². The van der Waals surface area contributed by atoms with Gasteiger partial charge in [-0.2, -0.15) is 0 Å². The third-order valence-electron chi connectivity index (χ3n) is 2.88. The fraction of sp³-hybridized carbons (Fsp3) is 0.556. The molecule has 0 radical (unpaired) electrons. The molecule has 1 aromatic heterocycles. The van der Waals surface area contributed by atoms with Crippen molar-refractivity contribution in [2.45, 2.75) is 25.7 Å². The summed E-state index contributed by atoms with van der Waals surface area (Å²) >= 11 is 0. The van der Waals surface area contributed by atoms with Crippen LogP contribution >= 0.6 is 0 Å². The monoisotopic (exact) mass is 148 g/mol. The van der Waals surface area contributed by atoms with Crippen LogP contribution in [-0.2, 0) is 5.41 Å². The smallest absolute Gasteiger partial charge is 0.115 e. The second-order valence-electron chi connectivity index (χ2n) is 3.65. The molecule has 1 aliphatic rings. The van der Waals surface area contributed by atoms with Gasteiger partial charge in [-0.05, 0) is 23.3 Å². The molecule has 0 N–H and O–H groups in total. The van der Waals surface area contributed by atoms with Crippen molar-refractivity contribution in [3.05, 3.63) is 24.3 Å². The lowest BCUT2D eigenvalue weighted by Crippen LogP contribution is -2.03. The van der Waals surface area contributed by atoms with Gasteiger partial charge in [0.15, 0.2) is 0 Å². The van der Waals surface area contributed by atoms with E-state index in [1.807, 2.05) is 12.4 Å². The Labute approximate surface area is 66.7 Å². The van der Waals surface area contributed by atoms with Gasteiger partial charge < -0.3 is 0 Å². The Balaban J connectivity index is 2.32. The van der Waals surface area contributed by atoms with E-state index in [0.717, 1.165) is 5.92 Å². The van der Waals surface area contributed by atoms with E-state index in [9.17, 15) is 0 Å². The molecule has 0 spiro atoms. The minimum atomic E-state index is 0.376. The van der Waals surface area contributed by atoms with Gasteiger partial charge in [0.05, 0.1) is 0 Å². The highest BCUT2D eigenvalue weighted by Gasteiger charge is 2.48. The maximum absolute atomic E-state index is 4.01. The zero-order chi connectivity index (χ0) is 7.90. The second-order valence-corrected chi connectivity index (χ2v) is 3.65. The molecular weight excluding hydrogens is 136 g/mol. The van der Waals surface area contributed by atoms with Crippen LogP contribution in [0.2, 0.25) is 0 Å². The molecule has 2 heteroatoms. The Morgan fingerprint density at radius 3 is 2.45 bits per heavy atom. The zero-order valence-electron chi connectivity index (χ0n) is 6.91. The van der Waals surface area contributed by atoms with Gasteiger partial charge in [0.1, 0.15) is 6.33 Å². The van der Waals surface area contributed by atoms with Crippen LogP contribution in [0.4, 0.5) is 0 Å². The summed E-state index contributed by atoms with van der Waals surface area (Å²) < 4.78 is 0. The van der Waals surface area contributed by atoms with E-state index in [2.05, 4.69) is 23.8 Å². The van der Waals surface area contributed by atoms with Gasteiger partial charge >= 0.3 is 0 Å². The molecule has 0 saturated heterocycles. The van der Waals surface area contributed by atoms with Gasteiger partial charge in [0, 0.05) is 12.4 Å². The Bertz CT molecular complexity index is 258. The number of hydrogen-bond acceptors (Lipinski definition) is 2. The van der Waals surface area contributed by atoms with E-state index in [-0.39, 0.29) is 0 Å². The molecule has 1 fully saturated rings. The van der Waals surface area contributed by atoms with Crippen LogP contribution in [0.15, 0.2) is 18.7 Å². The lowest BCUT2D eigenvalue weighted by Gasteiger charge is -2.07. The third-order valence-corrected chi connectivity index (χ3v) is 2.88. The van der Waals surface area contributed by atoms with Crippen molar-refractivity contribution in [3.8, 4) is 0 Å². The topological polar surface area (TPSA) is 25.8 Å². The normalized spacial score (nSPS) is 35.3. The average molecular weight is 148 g/mol. The summed E-state index contributed by atoms with van der Waals surface area (Å²) in [6.45, 7) is 4.54. The van der Waals surface area contributed by atoms with Gasteiger partial charge in [-0.3, -0.25) is 0 Å². The summed E-state index contributed by atoms with van der Waals surface area (Å²) in [7, 11) is 0. The SMILES string of the molecule is CC1CC1(C)c1cncnc1. The third kappa shape index (κ3) is 0.934. The van der Waals surface area contributed by atoms with Crippen molar-refractivity contribution in [1.29, 1.82) is 0 Å². The minimum absolute atomic E-state index is 0.376. The summed E-state index contributed by atoms with van der Waals surface area (Å²) in [5.74, 6) is 0.800. The summed E-state index contributed by atoms with van der Waals surface area (Å²) in [5, 5.41) is 0. The van der Waals surface area contributed by atoms with Crippen molar-refractivity contribution in [1.82, 2.24) is 9.97 Å². The first kappa shape index (κ1) is 6.77. The van der Waals surface area contributed by atoms with Crippen molar-refractivity contribution in [3.63, 3.8) is 0 Å². The molecule has 2 atom stereocenters. The van der Waals surface area contributed by atoms with E-state index in [0.29, 0.717) is 5.41 Å². The predicted molar refractivity (Wildman–Crippen MR) is 43.2 cm³/mol. The van der Waals surface area contributed by atoms with E-state index in [1.54, 1.807) is 6.33 Å². The van der Waals surface area contributed by atoms with Crippen molar-refractivity contribution >= 4 is 0 Å². The first-order chi connectivity index (χ1) is 5.23. The largest absolute Gasteiger partial charge is 0.245 e. The standard InChI is InChI=1S/C9H12N2/c1-7-3-9(7,2)8-4-10-6-11-5-8/h4-7H,3H2,1-2H3. The Hall–Kier alpha value is -0.920. The molecule has 0 aromatic carbocycles. The van der Waals surface area contributed by atoms with Gasteiger partial charge in [-0.25, -0.2) is 9.97 Å². The van der Waals surface area contributed by atoms with Crippen LogP contribution in [-0.4, -0.2) is 9.97 Å². The quantitative estimate of drug-likeness (QED) is 0.606. The molecule has 0 aliphatic heterocycles. The second kappa shape index (κ2) is 2.03. The summed E-state index contributed by atoms with van der Waals surface area (Å²) in [6, 6.07) is 0. The molecular formula is C9H12N2. The van der Waals surface area contributed by atoms with Crippen LogP contribution in [0.3, 0.4) is 0 Å².